The molecule has 2 aromatic heterocycles. The summed E-state index contributed by atoms with van der Waals surface area (Å²) < 4.78 is 5.94. The quantitative estimate of drug-likeness (QED) is 0.617. The van der Waals surface area contributed by atoms with E-state index in [0.29, 0.717) is 11.6 Å². The highest BCUT2D eigenvalue weighted by Gasteiger charge is 2.07. The van der Waals surface area contributed by atoms with Crippen molar-refractivity contribution >= 4 is 29.2 Å². The normalized spacial score (nSPS) is 10.4. The summed E-state index contributed by atoms with van der Waals surface area (Å²) >= 11 is 5.78. The van der Waals surface area contributed by atoms with Crippen LogP contribution in [0.25, 0.3) is 5.78 Å². The summed E-state index contributed by atoms with van der Waals surface area (Å²) in [5.41, 5.74) is 0. The van der Waals surface area contributed by atoms with Crippen molar-refractivity contribution < 1.29 is 9.53 Å². The number of carbonyl (C=O) groups excluding carboxylic acids is 1. The van der Waals surface area contributed by atoms with Gasteiger partial charge in [0, 0.05) is 6.07 Å². The Labute approximate surface area is 95.4 Å². The monoisotopic (exact) mass is 241 g/mol. The summed E-state index contributed by atoms with van der Waals surface area (Å²) in [5, 5.41) is 7.03. The SMILES string of the molecule is COC(=O)CNc1cc(Cl)nc2ncnn12. The highest BCUT2D eigenvalue weighted by molar-refractivity contribution is 6.29. The first-order valence-electron chi connectivity index (χ1n) is 4.37. The lowest BCUT2D eigenvalue weighted by Gasteiger charge is -2.06. The number of nitrogens with zero attached hydrogens (tertiary/aromatic N) is 4. The molecule has 0 aliphatic rings. The summed E-state index contributed by atoms with van der Waals surface area (Å²) in [5.74, 6) is 0.499. The number of rotatable bonds is 3. The molecule has 0 radical (unpaired) electrons. The van der Waals surface area contributed by atoms with Gasteiger partial charge in [-0.15, -0.1) is 0 Å². The lowest BCUT2D eigenvalue weighted by Crippen LogP contribution is -2.17. The van der Waals surface area contributed by atoms with Crippen molar-refractivity contribution in [2.45, 2.75) is 0 Å². The van der Waals surface area contributed by atoms with Crippen LogP contribution in [-0.2, 0) is 9.53 Å². The highest BCUT2D eigenvalue weighted by Crippen LogP contribution is 2.13. The average molecular weight is 242 g/mol. The van der Waals surface area contributed by atoms with Gasteiger partial charge in [0.1, 0.15) is 23.8 Å². The minimum Gasteiger partial charge on any atom is -0.468 e. The maximum atomic E-state index is 11.0. The molecule has 2 rings (SSSR count). The molecule has 0 aliphatic carbocycles. The number of methoxy groups -OCH3 is 1. The lowest BCUT2D eigenvalue weighted by molar-refractivity contribution is -0.138. The smallest absolute Gasteiger partial charge is 0.325 e. The van der Waals surface area contributed by atoms with E-state index in [-0.39, 0.29) is 17.7 Å². The molecule has 0 bridgehead atoms. The summed E-state index contributed by atoms with van der Waals surface area (Å²) in [6.45, 7) is 0.0196. The van der Waals surface area contributed by atoms with Crippen molar-refractivity contribution in [1.82, 2.24) is 19.6 Å². The van der Waals surface area contributed by atoms with Gasteiger partial charge in [-0.3, -0.25) is 4.79 Å². The van der Waals surface area contributed by atoms with Gasteiger partial charge in [0.15, 0.2) is 0 Å². The van der Waals surface area contributed by atoms with Gasteiger partial charge in [0.2, 0.25) is 0 Å². The minimum absolute atomic E-state index is 0.0196. The van der Waals surface area contributed by atoms with Crippen LogP contribution < -0.4 is 5.32 Å². The van der Waals surface area contributed by atoms with Gasteiger partial charge in [-0.05, 0) is 0 Å². The summed E-state index contributed by atoms with van der Waals surface area (Å²) in [6, 6.07) is 1.55. The first-order chi connectivity index (χ1) is 7.70. The van der Waals surface area contributed by atoms with Crippen LogP contribution in [0.4, 0.5) is 5.82 Å². The predicted molar refractivity (Wildman–Crippen MR) is 56.3 cm³/mol. The first kappa shape index (κ1) is 10.6. The number of esters is 1. The van der Waals surface area contributed by atoms with Gasteiger partial charge in [-0.1, -0.05) is 11.6 Å². The highest BCUT2D eigenvalue weighted by atomic mass is 35.5. The van der Waals surface area contributed by atoms with Gasteiger partial charge < -0.3 is 10.1 Å². The van der Waals surface area contributed by atoms with Gasteiger partial charge in [-0.2, -0.15) is 19.6 Å². The summed E-state index contributed by atoms with van der Waals surface area (Å²) in [6.07, 6.45) is 1.35. The molecule has 1 N–H and O–H groups in total. The van der Waals surface area contributed by atoms with Crippen molar-refractivity contribution in [3.63, 3.8) is 0 Å². The van der Waals surface area contributed by atoms with Crippen molar-refractivity contribution in [3.8, 4) is 0 Å². The van der Waals surface area contributed by atoms with E-state index in [0.717, 1.165) is 0 Å². The molecule has 2 heterocycles. The Kier molecular flexibility index (Phi) is 2.86. The van der Waals surface area contributed by atoms with E-state index in [9.17, 15) is 4.79 Å². The Morgan fingerprint density at radius 2 is 2.50 bits per heavy atom. The number of aromatic nitrogens is 4. The Morgan fingerprint density at radius 3 is 3.25 bits per heavy atom. The number of halogens is 1. The summed E-state index contributed by atoms with van der Waals surface area (Å²) in [4.78, 5) is 18.8. The maximum absolute atomic E-state index is 11.0. The van der Waals surface area contributed by atoms with Crippen molar-refractivity contribution in [2.24, 2.45) is 0 Å². The van der Waals surface area contributed by atoms with E-state index < -0.39 is 0 Å². The molecule has 0 aromatic carbocycles. The third-order valence-electron chi connectivity index (χ3n) is 1.86. The standard InChI is InChI=1S/C8H8ClN5O2/c1-16-7(15)3-10-6-2-5(9)13-8-11-4-12-14(6)8/h2,4,10H,3H2,1H3. The molecule has 0 fully saturated rings. The van der Waals surface area contributed by atoms with E-state index >= 15 is 0 Å². The van der Waals surface area contributed by atoms with Crippen LogP contribution >= 0.6 is 11.6 Å². The second-order valence-electron chi connectivity index (χ2n) is 2.87. The molecule has 0 saturated carbocycles. The van der Waals surface area contributed by atoms with Crippen LogP contribution in [0.5, 0.6) is 0 Å². The fraction of sp³-hybridized carbons (Fsp3) is 0.250. The minimum atomic E-state index is -0.388. The first-order valence-corrected chi connectivity index (χ1v) is 4.75. The molecule has 0 spiro atoms. The molecule has 8 heteroatoms. The van der Waals surface area contributed by atoms with Crippen molar-refractivity contribution in [1.29, 1.82) is 0 Å². The van der Waals surface area contributed by atoms with Crippen LogP contribution in [0.2, 0.25) is 5.15 Å². The number of hydrogen-bond acceptors (Lipinski definition) is 6. The van der Waals surface area contributed by atoms with Crippen LogP contribution in [0.1, 0.15) is 0 Å². The van der Waals surface area contributed by atoms with E-state index in [2.05, 4.69) is 25.1 Å². The Hall–Kier alpha value is -1.89. The number of fused-ring (bicyclic) bond motifs is 1. The zero-order valence-electron chi connectivity index (χ0n) is 8.35. The van der Waals surface area contributed by atoms with E-state index in [1.165, 1.54) is 18.0 Å². The molecular weight excluding hydrogens is 234 g/mol. The van der Waals surface area contributed by atoms with Gasteiger partial charge in [-0.25, -0.2) is 0 Å². The maximum Gasteiger partial charge on any atom is 0.325 e. The molecule has 0 amide bonds. The van der Waals surface area contributed by atoms with Gasteiger partial charge in [0.05, 0.1) is 7.11 Å². The van der Waals surface area contributed by atoms with Crippen LogP contribution in [0.15, 0.2) is 12.4 Å². The second kappa shape index (κ2) is 4.31. The Balaban J connectivity index is 2.28. The van der Waals surface area contributed by atoms with E-state index in [4.69, 9.17) is 11.6 Å². The third kappa shape index (κ3) is 2.03. The molecular formula is C8H8ClN5O2. The number of anilines is 1. The zero-order valence-corrected chi connectivity index (χ0v) is 9.10. The van der Waals surface area contributed by atoms with E-state index in [1.54, 1.807) is 6.07 Å². The van der Waals surface area contributed by atoms with Gasteiger partial charge >= 0.3 is 5.97 Å². The fourth-order valence-electron chi connectivity index (χ4n) is 1.14. The van der Waals surface area contributed by atoms with Crippen LogP contribution in [0.3, 0.4) is 0 Å². The molecule has 0 unspecified atom stereocenters. The third-order valence-corrected chi connectivity index (χ3v) is 2.06. The topological polar surface area (TPSA) is 81.4 Å². The van der Waals surface area contributed by atoms with Crippen LogP contribution in [-0.4, -0.2) is 39.2 Å². The molecule has 0 atom stereocenters. The van der Waals surface area contributed by atoms with Crippen molar-refractivity contribution in [2.75, 3.05) is 19.0 Å². The summed E-state index contributed by atoms with van der Waals surface area (Å²) in [7, 11) is 1.31. The Bertz CT molecular complexity index is 526. The number of nitrogens with one attached hydrogen (secondary N) is 1. The molecule has 7 nitrogen and oxygen atoms in total. The molecule has 0 saturated heterocycles. The average Bonchev–Trinajstić information content (AvgIpc) is 2.73. The number of hydrogen-bond donors (Lipinski definition) is 1. The lowest BCUT2D eigenvalue weighted by atomic mass is 10.5. The molecule has 16 heavy (non-hydrogen) atoms. The molecule has 0 aliphatic heterocycles. The molecule has 2 aromatic rings. The zero-order chi connectivity index (χ0) is 11.5. The Morgan fingerprint density at radius 1 is 1.69 bits per heavy atom. The fourth-order valence-corrected chi connectivity index (χ4v) is 1.32. The van der Waals surface area contributed by atoms with Crippen LogP contribution in [0, 0.1) is 0 Å². The number of ether oxygens (including phenoxy) is 1. The largest absolute Gasteiger partial charge is 0.468 e. The predicted octanol–water partition coefficient (Wildman–Crippen LogP) is 0.363. The van der Waals surface area contributed by atoms with E-state index in [1.807, 2.05) is 0 Å². The molecule has 84 valence electrons. The number of carbonyl (C=O) groups is 1. The second-order valence-corrected chi connectivity index (χ2v) is 3.25. The van der Waals surface area contributed by atoms with Crippen molar-refractivity contribution in [3.05, 3.63) is 17.5 Å². The van der Waals surface area contributed by atoms with Gasteiger partial charge in [0.25, 0.3) is 5.78 Å².